The molecule has 40 heavy (non-hydrogen) atoms. The van der Waals surface area contributed by atoms with E-state index in [2.05, 4.69) is 5.32 Å². The van der Waals surface area contributed by atoms with Gasteiger partial charge in [-0.05, 0) is 50.2 Å². The van der Waals surface area contributed by atoms with Crippen LogP contribution in [-0.4, -0.2) is 70.5 Å². The summed E-state index contributed by atoms with van der Waals surface area (Å²) in [7, 11) is 0. The molecule has 2 fully saturated rings. The third kappa shape index (κ3) is 5.65. The molecule has 0 aromatic heterocycles. The second-order valence-corrected chi connectivity index (χ2v) is 10.5. The number of benzene rings is 1. The lowest BCUT2D eigenvalue weighted by atomic mass is 9.82. The molecular formula is C28H29N3O9. The second kappa shape index (κ2) is 11.4. The lowest BCUT2D eigenvalue weighted by Gasteiger charge is -2.29. The molecule has 5 rings (SSSR count). The van der Waals surface area contributed by atoms with E-state index in [1.165, 1.54) is 22.0 Å². The van der Waals surface area contributed by atoms with Gasteiger partial charge in [0.05, 0.1) is 18.4 Å². The van der Waals surface area contributed by atoms with E-state index >= 15 is 0 Å². The predicted molar refractivity (Wildman–Crippen MR) is 136 cm³/mol. The van der Waals surface area contributed by atoms with Gasteiger partial charge in [0.25, 0.3) is 17.7 Å². The van der Waals surface area contributed by atoms with Crippen molar-refractivity contribution in [2.24, 2.45) is 11.8 Å². The molecule has 0 spiro atoms. The van der Waals surface area contributed by atoms with Crippen LogP contribution in [0.5, 0.6) is 0 Å². The molecule has 2 aliphatic carbocycles. The number of rotatable bonds is 7. The number of hydrogen-bond acceptors (Lipinski definition) is 9. The van der Waals surface area contributed by atoms with E-state index in [4.69, 9.17) is 9.47 Å². The molecule has 1 aromatic rings. The van der Waals surface area contributed by atoms with Crippen molar-refractivity contribution in [1.82, 2.24) is 9.80 Å². The minimum absolute atomic E-state index is 0.115. The van der Waals surface area contributed by atoms with Crippen molar-refractivity contribution in [3.63, 3.8) is 0 Å². The maximum atomic E-state index is 12.9. The zero-order valence-electron chi connectivity index (χ0n) is 21.8. The summed E-state index contributed by atoms with van der Waals surface area (Å²) in [6, 6.07) is 4.15. The van der Waals surface area contributed by atoms with Crippen LogP contribution in [0.15, 0.2) is 30.4 Å². The van der Waals surface area contributed by atoms with Gasteiger partial charge in [0.1, 0.15) is 5.78 Å². The first-order valence-electron chi connectivity index (χ1n) is 13.3. The SMILES string of the molecule is O=C1CCC(N2Cc3c(NC(=O)OCOC(=O)C4CCC(CN5C(=O)C=CC5=O)CC4)cccc3C2=O)C(=O)C1. The van der Waals surface area contributed by atoms with Crippen molar-refractivity contribution >= 4 is 47.0 Å². The summed E-state index contributed by atoms with van der Waals surface area (Å²) < 4.78 is 10.2. The molecule has 1 N–H and O–H groups in total. The fraction of sp³-hybridized carbons (Fsp3) is 0.464. The molecular weight excluding hydrogens is 522 g/mol. The van der Waals surface area contributed by atoms with Crippen LogP contribution in [0.3, 0.4) is 0 Å². The van der Waals surface area contributed by atoms with E-state index in [9.17, 15) is 33.6 Å². The van der Waals surface area contributed by atoms with Crippen LogP contribution in [0, 0.1) is 11.8 Å². The Balaban J connectivity index is 1.07. The minimum atomic E-state index is -0.872. The number of ether oxygens (including phenoxy) is 2. The average Bonchev–Trinajstić information content (AvgIpc) is 3.43. The highest BCUT2D eigenvalue weighted by atomic mass is 16.7. The summed E-state index contributed by atoms with van der Waals surface area (Å²) >= 11 is 0. The topological polar surface area (TPSA) is 156 Å². The van der Waals surface area contributed by atoms with Gasteiger partial charge < -0.3 is 14.4 Å². The number of hydrogen-bond donors (Lipinski definition) is 1. The number of imide groups is 1. The van der Waals surface area contributed by atoms with Gasteiger partial charge in [0, 0.05) is 48.5 Å². The van der Waals surface area contributed by atoms with E-state index in [-0.39, 0.29) is 66.9 Å². The molecule has 12 heteroatoms. The zero-order valence-corrected chi connectivity index (χ0v) is 21.8. The molecule has 210 valence electrons. The zero-order chi connectivity index (χ0) is 28.4. The molecule has 0 bridgehead atoms. The van der Waals surface area contributed by atoms with Crippen molar-refractivity contribution in [3.8, 4) is 0 Å². The second-order valence-electron chi connectivity index (χ2n) is 10.5. The van der Waals surface area contributed by atoms with E-state index in [1.54, 1.807) is 18.2 Å². The number of ketones is 2. The first kappa shape index (κ1) is 27.2. The molecule has 2 heterocycles. The Morgan fingerprint density at radius 3 is 2.35 bits per heavy atom. The maximum absolute atomic E-state index is 12.9. The fourth-order valence-electron chi connectivity index (χ4n) is 5.77. The molecule has 2 saturated carbocycles. The van der Waals surface area contributed by atoms with Crippen molar-refractivity contribution in [2.75, 3.05) is 18.7 Å². The number of nitrogens with one attached hydrogen (secondary N) is 1. The number of amides is 4. The van der Waals surface area contributed by atoms with Crippen LogP contribution in [0.4, 0.5) is 10.5 Å². The van der Waals surface area contributed by atoms with Gasteiger partial charge in [0.2, 0.25) is 6.79 Å². The summed E-state index contributed by atoms with van der Waals surface area (Å²) in [4.78, 5) is 87.9. The number of carbonyl (C=O) groups excluding carboxylic acids is 7. The van der Waals surface area contributed by atoms with E-state index < -0.39 is 24.9 Å². The number of Topliss-reactive ketones (excluding diaryl/α,β-unsaturated/α-hetero) is 2. The van der Waals surface area contributed by atoms with Gasteiger partial charge in [0.15, 0.2) is 5.78 Å². The Bertz CT molecular complexity index is 1290. The van der Waals surface area contributed by atoms with Crippen LogP contribution >= 0.6 is 0 Å². The van der Waals surface area contributed by atoms with Crippen molar-refractivity contribution < 1.29 is 43.0 Å². The lowest BCUT2D eigenvalue weighted by molar-refractivity contribution is -0.158. The fourth-order valence-corrected chi connectivity index (χ4v) is 5.77. The number of esters is 1. The van der Waals surface area contributed by atoms with Crippen LogP contribution in [0.1, 0.15) is 60.9 Å². The molecule has 4 amide bonds. The number of anilines is 1. The van der Waals surface area contributed by atoms with Gasteiger partial charge in [-0.3, -0.25) is 39.0 Å². The van der Waals surface area contributed by atoms with E-state index in [1.807, 2.05) is 0 Å². The Morgan fingerprint density at radius 1 is 0.925 bits per heavy atom. The summed E-state index contributed by atoms with van der Waals surface area (Å²) in [5.41, 5.74) is 1.24. The number of nitrogens with zero attached hydrogens (tertiary/aromatic N) is 2. The van der Waals surface area contributed by atoms with Crippen molar-refractivity contribution in [3.05, 3.63) is 41.5 Å². The van der Waals surface area contributed by atoms with Gasteiger partial charge >= 0.3 is 12.1 Å². The third-order valence-electron chi connectivity index (χ3n) is 7.96. The molecule has 4 aliphatic rings. The lowest BCUT2D eigenvalue weighted by Crippen LogP contribution is -2.44. The molecule has 0 radical (unpaired) electrons. The van der Waals surface area contributed by atoms with Crippen molar-refractivity contribution in [2.45, 2.75) is 57.5 Å². The molecule has 12 nitrogen and oxygen atoms in total. The third-order valence-corrected chi connectivity index (χ3v) is 7.96. The number of fused-ring (bicyclic) bond motifs is 1. The highest BCUT2D eigenvalue weighted by Crippen LogP contribution is 2.34. The minimum Gasteiger partial charge on any atom is -0.428 e. The molecule has 1 atom stereocenters. The first-order chi connectivity index (χ1) is 19.2. The summed E-state index contributed by atoms with van der Waals surface area (Å²) in [6.45, 7) is -0.139. The monoisotopic (exact) mass is 551 g/mol. The van der Waals surface area contributed by atoms with Gasteiger partial charge in [-0.15, -0.1) is 0 Å². The summed E-state index contributed by atoms with van der Waals surface area (Å²) in [6.07, 6.45) is 4.39. The summed E-state index contributed by atoms with van der Waals surface area (Å²) in [5, 5.41) is 2.57. The van der Waals surface area contributed by atoms with Gasteiger partial charge in [-0.2, -0.15) is 0 Å². The smallest absolute Gasteiger partial charge is 0.414 e. The van der Waals surface area contributed by atoms with Crippen molar-refractivity contribution in [1.29, 1.82) is 0 Å². The molecule has 1 unspecified atom stereocenters. The largest absolute Gasteiger partial charge is 0.428 e. The average molecular weight is 552 g/mol. The van der Waals surface area contributed by atoms with E-state index in [0.29, 0.717) is 49.0 Å². The highest BCUT2D eigenvalue weighted by Gasteiger charge is 2.40. The van der Waals surface area contributed by atoms with Crippen LogP contribution in [-0.2, 0) is 40.0 Å². The Morgan fingerprint density at radius 2 is 1.65 bits per heavy atom. The Labute approximate surface area is 229 Å². The van der Waals surface area contributed by atoms with Crippen LogP contribution < -0.4 is 5.32 Å². The van der Waals surface area contributed by atoms with Gasteiger partial charge in [-0.25, -0.2) is 4.79 Å². The first-order valence-corrected chi connectivity index (χ1v) is 13.3. The van der Waals surface area contributed by atoms with Crippen LogP contribution in [0.2, 0.25) is 0 Å². The summed E-state index contributed by atoms with van der Waals surface area (Å²) in [5.74, 6) is -2.11. The van der Waals surface area contributed by atoms with Gasteiger partial charge in [-0.1, -0.05) is 6.07 Å². The van der Waals surface area contributed by atoms with E-state index in [0.717, 1.165) is 0 Å². The Hall–Kier alpha value is -4.35. The molecule has 0 saturated heterocycles. The highest BCUT2D eigenvalue weighted by molar-refractivity contribution is 6.13. The normalized spacial score (nSPS) is 24.4. The molecule has 2 aliphatic heterocycles. The van der Waals surface area contributed by atoms with Crippen LogP contribution in [0.25, 0.3) is 0 Å². The quantitative estimate of drug-likeness (QED) is 0.232. The number of carbonyl (C=O) groups is 7. The standard InChI is InChI=1S/C28H29N3O9/c32-18-8-9-22(23(33)12-18)30-14-20-19(26(30)36)2-1-3-21(20)29-28(38)40-15-39-27(37)17-6-4-16(5-7-17)13-31-24(34)10-11-25(31)35/h1-3,10-11,16-17,22H,4-9,12-15H2,(H,29,38). The predicted octanol–water partition coefficient (Wildman–Crippen LogP) is 2.11. The maximum Gasteiger partial charge on any atom is 0.414 e. The Kier molecular flexibility index (Phi) is 7.76. The molecule has 1 aromatic carbocycles.